The highest BCUT2D eigenvalue weighted by atomic mass is 16.6. The van der Waals surface area contributed by atoms with E-state index in [1.54, 1.807) is 0 Å². The molecule has 4 heterocycles. The first-order valence-electron chi connectivity index (χ1n) is 11.8. The maximum absolute atomic E-state index is 13.2. The minimum Gasteiger partial charge on any atom is -0.486 e. The van der Waals surface area contributed by atoms with Crippen molar-refractivity contribution in [3.63, 3.8) is 0 Å². The van der Waals surface area contributed by atoms with E-state index in [4.69, 9.17) is 9.47 Å². The summed E-state index contributed by atoms with van der Waals surface area (Å²) in [5, 5.41) is 3.39. The van der Waals surface area contributed by atoms with E-state index in [0.29, 0.717) is 13.2 Å². The second-order valence-corrected chi connectivity index (χ2v) is 9.01. The number of rotatable bonds is 7. The lowest BCUT2D eigenvalue weighted by atomic mass is 10.0. The second kappa shape index (κ2) is 9.77. The van der Waals surface area contributed by atoms with Crippen LogP contribution in [-0.2, 0) is 11.2 Å². The Balaban J connectivity index is 1.24. The van der Waals surface area contributed by atoms with Crippen LogP contribution in [-0.4, -0.2) is 67.8 Å². The molecule has 0 radical (unpaired) electrons. The van der Waals surface area contributed by atoms with Gasteiger partial charge < -0.3 is 24.6 Å². The second-order valence-electron chi connectivity index (χ2n) is 9.01. The molecule has 32 heavy (non-hydrogen) atoms. The summed E-state index contributed by atoms with van der Waals surface area (Å²) in [6.07, 6.45) is 5.94. The van der Waals surface area contributed by atoms with E-state index in [9.17, 15) is 4.79 Å². The summed E-state index contributed by atoms with van der Waals surface area (Å²) in [4.78, 5) is 22.3. The van der Waals surface area contributed by atoms with Gasteiger partial charge in [-0.05, 0) is 68.6 Å². The number of fused-ring (bicyclic) bond motifs is 1. The van der Waals surface area contributed by atoms with Crippen molar-refractivity contribution in [2.75, 3.05) is 50.8 Å². The highest BCUT2D eigenvalue weighted by molar-refractivity contribution is 5.80. The van der Waals surface area contributed by atoms with Gasteiger partial charge in [0.2, 0.25) is 5.91 Å². The van der Waals surface area contributed by atoms with Crippen molar-refractivity contribution in [2.24, 2.45) is 5.92 Å². The quantitative estimate of drug-likeness (QED) is 0.720. The van der Waals surface area contributed by atoms with Crippen molar-refractivity contribution in [3.8, 4) is 11.5 Å². The van der Waals surface area contributed by atoms with Gasteiger partial charge in [0.05, 0.1) is 5.92 Å². The summed E-state index contributed by atoms with van der Waals surface area (Å²) in [5.41, 5.74) is 1.17. The lowest BCUT2D eigenvalue weighted by molar-refractivity contribution is -0.125. The zero-order chi connectivity index (χ0) is 21.8. The normalized spacial score (nSPS) is 21.5. The molecule has 2 unspecified atom stereocenters. The van der Waals surface area contributed by atoms with Crippen LogP contribution in [0.4, 0.5) is 5.82 Å². The minimum absolute atomic E-state index is 0.00153. The zero-order valence-corrected chi connectivity index (χ0v) is 18.5. The van der Waals surface area contributed by atoms with Crippen LogP contribution in [0, 0.1) is 5.92 Å². The smallest absolute Gasteiger partial charge is 0.225 e. The Morgan fingerprint density at radius 2 is 1.94 bits per heavy atom. The molecule has 5 rings (SSSR count). The predicted molar refractivity (Wildman–Crippen MR) is 123 cm³/mol. The number of amides is 1. The van der Waals surface area contributed by atoms with Crippen LogP contribution in [0.25, 0.3) is 0 Å². The van der Waals surface area contributed by atoms with Gasteiger partial charge in [-0.25, -0.2) is 4.98 Å². The summed E-state index contributed by atoms with van der Waals surface area (Å²) in [6, 6.07) is 12.1. The van der Waals surface area contributed by atoms with Crippen LogP contribution in [0.1, 0.15) is 24.8 Å². The van der Waals surface area contributed by atoms with E-state index in [2.05, 4.69) is 32.2 Å². The number of pyridine rings is 1. The molecular formula is C25H32N4O3. The van der Waals surface area contributed by atoms with Gasteiger partial charge in [0.15, 0.2) is 11.5 Å². The van der Waals surface area contributed by atoms with Crippen LogP contribution >= 0.6 is 0 Å². The molecule has 0 spiro atoms. The van der Waals surface area contributed by atoms with Gasteiger partial charge in [0, 0.05) is 31.9 Å². The molecular weight excluding hydrogens is 404 g/mol. The number of benzene rings is 1. The predicted octanol–water partition coefficient (Wildman–Crippen LogP) is 2.50. The molecule has 1 aromatic heterocycles. The topological polar surface area (TPSA) is 66.9 Å². The fraction of sp³-hybridized carbons (Fsp3) is 0.520. The molecule has 3 aliphatic heterocycles. The van der Waals surface area contributed by atoms with Crippen LogP contribution in [0.2, 0.25) is 0 Å². The molecule has 0 saturated carbocycles. The number of ether oxygens (including phenoxy) is 2. The fourth-order valence-electron chi connectivity index (χ4n) is 4.98. The number of hydrogen-bond donors (Lipinski definition) is 1. The first-order chi connectivity index (χ1) is 15.7. The van der Waals surface area contributed by atoms with E-state index >= 15 is 0 Å². The van der Waals surface area contributed by atoms with Crippen molar-refractivity contribution in [2.45, 2.75) is 31.7 Å². The van der Waals surface area contributed by atoms with E-state index in [0.717, 1.165) is 62.9 Å². The van der Waals surface area contributed by atoms with E-state index in [1.165, 1.54) is 18.4 Å². The monoisotopic (exact) mass is 436 g/mol. The Kier molecular flexibility index (Phi) is 6.44. The summed E-state index contributed by atoms with van der Waals surface area (Å²) < 4.78 is 11.4. The minimum atomic E-state index is -0.00153. The summed E-state index contributed by atoms with van der Waals surface area (Å²) in [6.45, 7) is 5.89. The molecule has 7 heteroatoms. The molecule has 2 saturated heterocycles. The molecule has 2 aromatic rings. The lowest BCUT2D eigenvalue weighted by Crippen LogP contribution is -2.46. The number of nitrogens with zero attached hydrogens (tertiary/aromatic N) is 3. The van der Waals surface area contributed by atoms with E-state index < -0.39 is 0 Å². The first-order valence-corrected chi connectivity index (χ1v) is 11.8. The van der Waals surface area contributed by atoms with Crippen LogP contribution in [0.3, 0.4) is 0 Å². The Morgan fingerprint density at radius 1 is 1.09 bits per heavy atom. The summed E-state index contributed by atoms with van der Waals surface area (Å²) in [7, 11) is 0. The van der Waals surface area contributed by atoms with Gasteiger partial charge in [-0.3, -0.25) is 4.79 Å². The number of hydrogen-bond acceptors (Lipinski definition) is 6. The largest absolute Gasteiger partial charge is 0.486 e. The number of nitrogens with one attached hydrogen (secondary N) is 1. The van der Waals surface area contributed by atoms with Gasteiger partial charge in [-0.15, -0.1) is 0 Å². The zero-order valence-electron chi connectivity index (χ0n) is 18.5. The van der Waals surface area contributed by atoms with Gasteiger partial charge in [0.25, 0.3) is 0 Å². The number of likely N-dealkylation sites (tertiary alicyclic amines) is 1. The highest BCUT2D eigenvalue weighted by Crippen LogP contribution is 2.31. The Labute approximate surface area is 189 Å². The first kappa shape index (κ1) is 21.1. The maximum atomic E-state index is 13.2. The Morgan fingerprint density at radius 3 is 2.75 bits per heavy atom. The van der Waals surface area contributed by atoms with Gasteiger partial charge in [0.1, 0.15) is 19.0 Å². The molecule has 0 bridgehead atoms. The number of carbonyl (C=O) groups excluding carboxylic acids is 1. The van der Waals surface area contributed by atoms with Crippen molar-refractivity contribution in [3.05, 3.63) is 48.2 Å². The summed E-state index contributed by atoms with van der Waals surface area (Å²) >= 11 is 0. The van der Waals surface area contributed by atoms with E-state index in [-0.39, 0.29) is 17.9 Å². The Hall–Kier alpha value is -2.80. The van der Waals surface area contributed by atoms with Gasteiger partial charge >= 0.3 is 0 Å². The van der Waals surface area contributed by atoms with Gasteiger partial charge in [-0.2, -0.15) is 0 Å². The molecule has 1 amide bonds. The third-order valence-electron chi connectivity index (χ3n) is 6.64. The van der Waals surface area contributed by atoms with Crippen LogP contribution in [0.15, 0.2) is 42.6 Å². The molecule has 170 valence electrons. The molecule has 7 nitrogen and oxygen atoms in total. The van der Waals surface area contributed by atoms with Crippen molar-refractivity contribution in [1.29, 1.82) is 0 Å². The van der Waals surface area contributed by atoms with Crippen molar-refractivity contribution in [1.82, 2.24) is 15.2 Å². The molecule has 2 atom stereocenters. The SMILES string of the molecule is O=C(NC(Cc1ccc2c(c1)OCCO2)CN1CCCC1)C1CCN(c2ccccn2)C1. The third kappa shape index (κ3) is 4.99. The van der Waals surface area contributed by atoms with Crippen LogP contribution < -0.4 is 19.7 Å². The molecule has 2 fully saturated rings. The molecule has 1 aromatic carbocycles. The van der Waals surface area contributed by atoms with E-state index in [1.807, 2.05) is 30.5 Å². The molecule has 0 aliphatic carbocycles. The number of aromatic nitrogens is 1. The average molecular weight is 437 g/mol. The fourth-order valence-corrected chi connectivity index (χ4v) is 4.98. The lowest BCUT2D eigenvalue weighted by Gasteiger charge is -2.26. The van der Waals surface area contributed by atoms with Crippen molar-refractivity contribution >= 4 is 11.7 Å². The summed E-state index contributed by atoms with van der Waals surface area (Å²) in [5.74, 6) is 2.72. The van der Waals surface area contributed by atoms with Crippen LogP contribution in [0.5, 0.6) is 11.5 Å². The average Bonchev–Trinajstić information content (AvgIpc) is 3.52. The standard InChI is InChI=1S/C25H32N4O3/c30-25(20-8-12-29(17-20)24-5-1-2-9-26-24)27-21(18-28-10-3-4-11-28)15-19-6-7-22-23(16-19)32-14-13-31-22/h1-2,5-7,9,16,20-21H,3-4,8,10-15,17-18H2,(H,27,30). The molecule has 1 N–H and O–H groups in total. The molecule has 3 aliphatic rings. The Bertz CT molecular complexity index is 917. The third-order valence-corrected chi connectivity index (χ3v) is 6.64. The number of carbonyl (C=O) groups is 1. The highest BCUT2D eigenvalue weighted by Gasteiger charge is 2.31. The number of anilines is 1. The maximum Gasteiger partial charge on any atom is 0.225 e. The van der Waals surface area contributed by atoms with Crippen molar-refractivity contribution < 1.29 is 14.3 Å². The van der Waals surface area contributed by atoms with Gasteiger partial charge in [-0.1, -0.05) is 12.1 Å².